The maximum absolute atomic E-state index is 9.89. The lowest BCUT2D eigenvalue weighted by atomic mass is 9.93. The molecule has 2 aromatic carbocycles. The Bertz CT molecular complexity index is 1300. The van der Waals surface area contributed by atoms with E-state index in [0.717, 1.165) is 69.0 Å². The van der Waals surface area contributed by atoms with Gasteiger partial charge < -0.3 is 25.4 Å². The molecule has 2 aliphatic rings. The van der Waals surface area contributed by atoms with Crippen LogP contribution < -0.4 is 15.5 Å². The average Bonchev–Trinajstić information content (AvgIpc) is 3.36. The lowest BCUT2D eigenvalue weighted by Crippen LogP contribution is -2.36. The second-order valence-corrected chi connectivity index (χ2v) is 9.44. The summed E-state index contributed by atoms with van der Waals surface area (Å²) in [6.07, 6.45) is 4.97. The maximum atomic E-state index is 9.89. The van der Waals surface area contributed by atoms with Crippen molar-refractivity contribution in [2.24, 2.45) is 0 Å². The monoisotopic (exact) mass is 485 g/mol. The van der Waals surface area contributed by atoms with E-state index in [0.29, 0.717) is 17.3 Å². The first kappa shape index (κ1) is 22.8. The van der Waals surface area contributed by atoms with Crippen LogP contribution in [0, 0.1) is 0 Å². The van der Waals surface area contributed by atoms with E-state index in [1.54, 1.807) is 6.33 Å². The molecule has 2 aromatic heterocycles. The van der Waals surface area contributed by atoms with E-state index in [4.69, 9.17) is 14.7 Å². The third-order valence-corrected chi connectivity index (χ3v) is 6.97. The van der Waals surface area contributed by atoms with Gasteiger partial charge in [0.2, 0.25) is 5.95 Å². The summed E-state index contributed by atoms with van der Waals surface area (Å²) in [5.74, 6) is 1.22. The van der Waals surface area contributed by atoms with Crippen LogP contribution in [0.1, 0.15) is 25.7 Å². The number of imidazole rings is 1. The highest BCUT2D eigenvalue weighted by Crippen LogP contribution is 2.29. The zero-order chi connectivity index (χ0) is 24.3. The van der Waals surface area contributed by atoms with Crippen molar-refractivity contribution in [2.75, 3.05) is 41.8 Å². The van der Waals surface area contributed by atoms with E-state index in [-0.39, 0.29) is 12.1 Å². The van der Waals surface area contributed by atoms with Gasteiger partial charge in [-0.1, -0.05) is 18.2 Å². The van der Waals surface area contributed by atoms with E-state index in [1.165, 1.54) is 5.69 Å². The molecule has 6 rings (SSSR count). The minimum atomic E-state index is -0.205. The molecule has 0 bridgehead atoms. The van der Waals surface area contributed by atoms with Gasteiger partial charge in [-0.2, -0.15) is 9.97 Å². The van der Waals surface area contributed by atoms with Crippen molar-refractivity contribution in [2.45, 2.75) is 37.8 Å². The Morgan fingerprint density at radius 2 is 1.61 bits per heavy atom. The number of nitrogens with zero attached hydrogens (tertiary/aromatic N) is 5. The number of fused-ring (bicyclic) bond motifs is 1. The van der Waals surface area contributed by atoms with Crippen molar-refractivity contribution in [1.29, 1.82) is 0 Å². The molecule has 0 atom stereocenters. The van der Waals surface area contributed by atoms with Crippen LogP contribution in [-0.2, 0) is 4.74 Å². The summed E-state index contributed by atoms with van der Waals surface area (Å²) in [7, 11) is 0. The molecule has 0 spiro atoms. The van der Waals surface area contributed by atoms with Crippen molar-refractivity contribution < 1.29 is 9.84 Å². The molecule has 1 saturated carbocycles. The van der Waals surface area contributed by atoms with Crippen LogP contribution in [0.3, 0.4) is 0 Å². The number of rotatable bonds is 6. The number of hydrogen-bond donors (Lipinski definition) is 3. The first-order valence-electron chi connectivity index (χ1n) is 12.7. The molecule has 9 nitrogen and oxygen atoms in total. The number of morpholine rings is 1. The lowest BCUT2D eigenvalue weighted by Gasteiger charge is -2.29. The van der Waals surface area contributed by atoms with Crippen LogP contribution in [0.25, 0.3) is 16.9 Å². The molecule has 0 unspecified atom stereocenters. The minimum absolute atomic E-state index is 0.205. The van der Waals surface area contributed by atoms with Crippen LogP contribution in [-0.4, -0.2) is 63.1 Å². The van der Waals surface area contributed by atoms with Crippen molar-refractivity contribution in [3.05, 3.63) is 60.9 Å². The Kier molecular flexibility index (Phi) is 6.40. The van der Waals surface area contributed by atoms with Gasteiger partial charge in [0.1, 0.15) is 6.33 Å². The number of nitrogens with one attached hydrogen (secondary N) is 2. The second-order valence-electron chi connectivity index (χ2n) is 9.44. The average molecular weight is 486 g/mol. The third kappa shape index (κ3) is 4.84. The molecule has 186 valence electrons. The van der Waals surface area contributed by atoms with Gasteiger partial charge in [-0.15, -0.1) is 0 Å². The van der Waals surface area contributed by atoms with Gasteiger partial charge in [0, 0.05) is 36.2 Å². The number of para-hydroxylation sites is 1. The fourth-order valence-electron chi connectivity index (χ4n) is 4.95. The molecule has 9 heteroatoms. The number of benzene rings is 2. The summed E-state index contributed by atoms with van der Waals surface area (Å²) in [5.41, 5.74) is 4.56. The molecule has 4 aromatic rings. The maximum Gasteiger partial charge on any atom is 0.227 e. The van der Waals surface area contributed by atoms with Crippen molar-refractivity contribution in [3.8, 4) is 5.69 Å². The van der Waals surface area contributed by atoms with Gasteiger partial charge in [0.05, 0.1) is 19.3 Å². The number of anilines is 4. The summed E-state index contributed by atoms with van der Waals surface area (Å²) in [6.45, 7) is 3.34. The zero-order valence-electron chi connectivity index (χ0n) is 20.2. The fraction of sp³-hybridized carbons (Fsp3) is 0.370. The highest BCUT2D eigenvalue weighted by atomic mass is 16.5. The van der Waals surface area contributed by atoms with Gasteiger partial charge >= 0.3 is 0 Å². The molecule has 1 aliphatic carbocycles. The summed E-state index contributed by atoms with van der Waals surface area (Å²) in [6, 6.07) is 18.7. The van der Waals surface area contributed by atoms with Crippen LogP contribution >= 0.6 is 0 Å². The smallest absolute Gasteiger partial charge is 0.227 e. The molecule has 3 heterocycles. The highest BCUT2D eigenvalue weighted by Gasteiger charge is 2.22. The number of ether oxygens (including phenoxy) is 1. The lowest BCUT2D eigenvalue weighted by molar-refractivity contribution is 0.122. The molecule has 1 saturated heterocycles. The second kappa shape index (κ2) is 10.1. The molecule has 36 heavy (non-hydrogen) atoms. The summed E-state index contributed by atoms with van der Waals surface area (Å²) >= 11 is 0. The van der Waals surface area contributed by atoms with Gasteiger partial charge in [-0.05, 0) is 62.1 Å². The van der Waals surface area contributed by atoms with Crippen molar-refractivity contribution >= 4 is 34.3 Å². The molecule has 0 amide bonds. The Balaban J connectivity index is 1.32. The number of aliphatic hydroxyl groups is 1. The van der Waals surface area contributed by atoms with Gasteiger partial charge in [0.25, 0.3) is 0 Å². The minimum Gasteiger partial charge on any atom is -0.393 e. The zero-order valence-corrected chi connectivity index (χ0v) is 20.2. The Hall–Kier alpha value is -3.69. The summed E-state index contributed by atoms with van der Waals surface area (Å²) < 4.78 is 7.46. The van der Waals surface area contributed by atoms with Crippen LogP contribution in [0.5, 0.6) is 0 Å². The molecule has 1 aliphatic heterocycles. The molecule has 2 fully saturated rings. The van der Waals surface area contributed by atoms with E-state index in [2.05, 4.69) is 44.8 Å². The number of aliphatic hydroxyl groups excluding tert-OH is 1. The number of hydrogen-bond acceptors (Lipinski definition) is 8. The van der Waals surface area contributed by atoms with Crippen molar-refractivity contribution in [3.63, 3.8) is 0 Å². The van der Waals surface area contributed by atoms with E-state index in [1.807, 2.05) is 34.9 Å². The molecule has 3 N–H and O–H groups in total. The third-order valence-electron chi connectivity index (χ3n) is 6.97. The van der Waals surface area contributed by atoms with Gasteiger partial charge in [0.15, 0.2) is 17.0 Å². The van der Waals surface area contributed by atoms with Crippen LogP contribution in [0.2, 0.25) is 0 Å². The molecular formula is C27H31N7O2. The van der Waals surface area contributed by atoms with Gasteiger partial charge in [-0.3, -0.25) is 4.57 Å². The quantitative estimate of drug-likeness (QED) is 0.375. The van der Waals surface area contributed by atoms with E-state index >= 15 is 0 Å². The first-order valence-corrected chi connectivity index (χ1v) is 12.7. The first-order chi connectivity index (χ1) is 17.7. The Morgan fingerprint density at radius 3 is 2.36 bits per heavy atom. The Labute approximate surface area is 210 Å². The van der Waals surface area contributed by atoms with E-state index in [9.17, 15) is 5.11 Å². The molecule has 0 radical (unpaired) electrons. The predicted octanol–water partition coefficient (Wildman–Crippen LogP) is 4.11. The van der Waals surface area contributed by atoms with Crippen LogP contribution in [0.4, 0.5) is 23.1 Å². The standard InChI is InChI=1S/C27H31N7O2/c35-23-12-8-20(9-13-23)30-27-31-25(24-26(32-27)34(18-28-24)22-4-2-1-3-5-22)29-19-6-10-21(11-7-19)33-14-16-36-17-15-33/h1-7,10-11,18,20,23,35H,8-9,12-17H2,(H2,29,30,31,32). The van der Waals surface area contributed by atoms with Gasteiger partial charge in [-0.25, -0.2) is 4.98 Å². The summed E-state index contributed by atoms with van der Waals surface area (Å²) in [5, 5.41) is 16.9. The van der Waals surface area contributed by atoms with E-state index < -0.39 is 0 Å². The number of aromatic nitrogens is 4. The SMILES string of the molecule is OC1CCC(Nc2nc(Nc3ccc(N4CCOCC4)cc3)c3ncn(-c4ccccc4)c3n2)CC1. The molecular weight excluding hydrogens is 454 g/mol. The predicted molar refractivity (Wildman–Crippen MR) is 141 cm³/mol. The summed E-state index contributed by atoms with van der Waals surface area (Å²) in [4.78, 5) is 16.7. The van der Waals surface area contributed by atoms with Crippen LogP contribution in [0.15, 0.2) is 60.9 Å². The fourth-order valence-corrected chi connectivity index (χ4v) is 4.95. The topological polar surface area (TPSA) is 100 Å². The van der Waals surface area contributed by atoms with Crippen molar-refractivity contribution in [1.82, 2.24) is 19.5 Å². The normalized spacial score (nSPS) is 20.4. The largest absolute Gasteiger partial charge is 0.393 e. The highest BCUT2D eigenvalue weighted by molar-refractivity contribution is 5.87. The Morgan fingerprint density at radius 1 is 0.861 bits per heavy atom.